The van der Waals surface area contributed by atoms with Crippen LogP contribution in [-0.2, 0) is 18.4 Å². The van der Waals surface area contributed by atoms with E-state index in [-0.39, 0.29) is 17.4 Å². The molecule has 126 valence electrons. The van der Waals surface area contributed by atoms with Gasteiger partial charge in [-0.1, -0.05) is 6.07 Å². The second-order valence-corrected chi connectivity index (χ2v) is 6.98. The number of carbonyl (C=O) groups is 1. The Morgan fingerprint density at radius 1 is 1.33 bits per heavy atom. The fourth-order valence-corrected chi connectivity index (χ4v) is 4.15. The zero-order valence-electron chi connectivity index (χ0n) is 14.0. The quantitative estimate of drug-likeness (QED) is 0.928. The summed E-state index contributed by atoms with van der Waals surface area (Å²) in [6, 6.07) is 4.06. The normalized spacial score (nSPS) is 23.5. The maximum Gasteiger partial charge on any atom is 0.221 e. The molecule has 1 spiro atoms. The lowest BCUT2D eigenvalue weighted by Gasteiger charge is -2.42. The largest absolute Gasteiger partial charge is 0.350 e. The van der Waals surface area contributed by atoms with Crippen molar-refractivity contribution in [1.29, 1.82) is 0 Å². The lowest BCUT2D eigenvalue weighted by atomic mass is 9.75. The van der Waals surface area contributed by atoms with Crippen LogP contribution in [0.2, 0.25) is 0 Å². The van der Waals surface area contributed by atoms with Gasteiger partial charge in [0.1, 0.15) is 5.82 Å². The van der Waals surface area contributed by atoms with E-state index in [9.17, 15) is 4.79 Å². The highest BCUT2D eigenvalue weighted by molar-refractivity contribution is 5.81. The highest BCUT2D eigenvalue weighted by atomic mass is 16.2. The number of nitrogens with one attached hydrogen (secondary N) is 1. The molecule has 0 aliphatic carbocycles. The van der Waals surface area contributed by atoms with E-state index in [1.54, 1.807) is 6.20 Å². The molecule has 0 radical (unpaired) electrons. The summed E-state index contributed by atoms with van der Waals surface area (Å²) in [7, 11) is 2.03. The smallest absolute Gasteiger partial charge is 0.221 e. The van der Waals surface area contributed by atoms with Crippen LogP contribution in [0.5, 0.6) is 0 Å². The molecular formula is C18H23N5O. The van der Waals surface area contributed by atoms with Crippen molar-refractivity contribution in [1.82, 2.24) is 24.8 Å². The third-order valence-electron chi connectivity index (χ3n) is 5.57. The van der Waals surface area contributed by atoms with Crippen LogP contribution in [0.4, 0.5) is 0 Å². The van der Waals surface area contributed by atoms with Crippen LogP contribution < -0.4 is 5.32 Å². The summed E-state index contributed by atoms with van der Waals surface area (Å²) >= 11 is 0. The van der Waals surface area contributed by atoms with Gasteiger partial charge in [-0.15, -0.1) is 0 Å². The minimum atomic E-state index is -0.113. The van der Waals surface area contributed by atoms with Gasteiger partial charge in [-0.3, -0.25) is 14.7 Å². The van der Waals surface area contributed by atoms with Gasteiger partial charge in [0.05, 0.1) is 6.54 Å². The molecule has 6 nitrogen and oxygen atoms in total. The van der Waals surface area contributed by atoms with Gasteiger partial charge in [-0.05, 0) is 24.5 Å². The molecule has 1 amide bonds. The number of carbonyl (C=O) groups excluding carboxylic acids is 1. The third kappa shape index (κ3) is 2.71. The number of hydrogen-bond donors (Lipinski definition) is 1. The van der Waals surface area contributed by atoms with Crippen LogP contribution in [-0.4, -0.2) is 44.0 Å². The van der Waals surface area contributed by atoms with Crippen LogP contribution in [0.25, 0.3) is 0 Å². The molecular weight excluding hydrogens is 302 g/mol. The zero-order chi connectivity index (χ0) is 16.6. The molecule has 0 aromatic carbocycles. The lowest BCUT2D eigenvalue weighted by Crippen LogP contribution is -2.53. The van der Waals surface area contributed by atoms with E-state index < -0.39 is 0 Å². The van der Waals surface area contributed by atoms with E-state index in [1.165, 1.54) is 5.56 Å². The van der Waals surface area contributed by atoms with Crippen LogP contribution in [0.3, 0.4) is 0 Å². The van der Waals surface area contributed by atoms with E-state index in [0.29, 0.717) is 6.42 Å². The number of pyridine rings is 1. The Labute approximate surface area is 141 Å². The lowest BCUT2D eigenvalue weighted by molar-refractivity contribution is -0.120. The maximum atomic E-state index is 12.1. The number of nitrogens with zero attached hydrogens (tertiary/aromatic N) is 4. The fourth-order valence-electron chi connectivity index (χ4n) is 4.15. The van der Waals surface area contributed by atoms with Crippen molar-refractivity contribution in [3.05, 3.63) is 48.3 Å². The Kier molecular flexibility index (Phi) is 3.84. The molecule has 0 bridgehead atoms. The molecule has 2 saturated heterocycles. The molecule has 1 atom stereocenters. The van der Waals surface area contributed by atoms with Gasteiger partial charge in [0, 0.05) is 62.8 Å². The maximum absolute atomic E-state index is 12.1. The second kappa shape index (κ2) is 6.02. The van der Waals surface area contributed by atoms with Gasteiger partial charge in [-0.25, -0.2) is 4.98 Å². The fraction of sp³-hybridized carbons (Fsp3) is 0.500. The molecule has 0 unspecified atom stereocenters. The molecule has 0 saturated carbocycles. The Morgan fingerprint density at radius 3 is 2.83 bits per heavy atom. The van der Waals surface area contributed by atoms with E-state index in [4.69, 9.17) is 0 Å². The predicted molar refractivity (Wildman–Crippen MR) is 90.2 cm³/mol. The summed E-state index contributed by atoms with van der Waals surface area (Å²) in [6.07, 6.45) is 10.0. The number of piperidine rings is 1. The van der Waals surface area contributed by atoms with Gasteiger partial charge < -0.3 is 9.88 Å². The number of imidazole rings is 1. The van der Waals surface area contributed by atoms with Crippen molar-refractivity contribution in [2.45, 2.75) is 37.3 Å². The van der Waals surface area contributed by atoms with Crippen LogP contribution in [0.15, 0.2) is 36.9 Å². The van der Waals surface area contributed by atoms with Gasteiger partial charge in [0.15, 0.2) is 0 Å². The summed E-state index contributed by atoms with van der Waals surface area (Å²) in [5.41, 5.74) is 1.06. The SMILES string of the molecule is Cn1ccnc1CN1CCC2(CC1)NC(=O)C[C@H]2c1cccnc1. The Balaban J connectivity index is 1.48. The first-order chi connectivity index (χ1) is 11.7. The van der Waals surface area contributed by atoms with Crippen molar-refractivity contribution < 1.29 is 4.79 Å². The molecule has 24 heavy (non-hydrogen) atoms. The van der Waals surface area contributed by atoms with Gasteiger partial charge >= 0.3 is 0 Å². The van der Waals surface area contributed by atoms with Gasteiger partial charge in [0.2, 0.25) is 5.91 Å². The second-order valence-electron chi connectivity index (χ2n) is 6.98. The van der Waals surface area contributed by atoms with E-state index in [1.807, 2.05) is 31.7 Å². The minimum Gasteiger partial charge on any atom is -0.350 e. The first kappa shape index (κ1) is 15.3. The molecule has 2 aliphatic rings. The van der Waals surface area contributed by atoms with Crippen LogP contribution in [0, 0.1) is 0 Å². The van der Waals surface area contributed by atoms with Crippen molar-refractivity contribution >= 4 is 5.91 Å². The predicted octanol–water partition coefficient (Wildman–Crippen LogP) is 1.45. The average molecular weight is 325 g/mol. The number of amides is 1. The first-order valence-electron chi connectivity index (χ1n) is 8.56. The van der Waals surface area contributed by atoms with Crippen molar-refractivity contribution in [2.24, 2.45) is 7.05 Å². The van der Waals surface area contributed by atoms with Crippen molar-refractivity contribution in [3.63, 3.8) is 0 Å². The molecule has 2 aromatic heterocycles. The number of aryl methyl sites for hydroxylation is 1. The standard InChI is InChI=1S/C18H23N5O/c1-22-10-7-20-16(22)13-23-8-4-18(5-9-23)15(11-17(24)21-18)14-3-2-6-19-12-14/h2-3,6-7,10,12,15H,4-5,8-9,11,13H2,1H3,(H,21,24)/t15-/m0/s1. The molecule has 4 rings (SSSR count). The number of hydrogen-bond acceptors (Lipinski definition) is 4. The van der Waals surface area contributed by atoms with E-state index in [0.717, 1.165) is 38.3 Å². The summed E-state index contributed by atoms with van der Waals surface area (Å²) in [4.78, 5) is 23.2. The highest BCUT2D eigenvalue weighted by Gasteiger charge is 2.48. The number of likely N-dealkylation sites (tertiary alicyclic amines) is 1. The first-order valence-corrected chi connectivity index (χ1v) is 8.56. The number of aromatic nitrogens is 3. The summed E-state index contributed by atoms with van der Waals surface area (Å²) in [6.45, 7) is 2.82. The molecule has 2 fully saturated rings. The van der Waals surface area contributed by atoms with Gasteiger partial charge in [0.25, 0.3) is 0 Å². The Hall–Kier alpha value is -2.21. The molecule has 6 heteroatoms. The highest BCUT2D eigenvalue weighted by Crippen LogP contribution is 2.42. The van der Waals surface area contributed by atoms with Crippen molar-refractivity contribution in [3.8, 4) is 0 Å². The van der Waals surface area contributed by atoms with Crippen LogP contribution in [0.1, 0.15) is 36.6 Å². The minimum absolute atomic E-state index is 0.113. The average Bonchev–Trinajstić information content (AvgIpc) is 3.14. The zero-order valence-corrected chi connectivity index (χ0v) is 14.0. The summed E-state index contributed by atoms with van der Waals surface area (Å²) in [5, 5.41) is 3.29. The third-order valence-corrected chi connectivity index (χ3v) is 5.57. The monoisotopic (exact) mass is 325 g/mol. The van der Waals surface area contributed by atoms with Crippen molar-refractivity contribution in [2.75, 3.05) is 13.1 Å². The van der Waals surface area contributed by atoms with Crippen LogP contribution >= 0.6 is 0 Å². The van der Waals surface area contributed by atoms with E-state index >= 15 is 0 Å². The molecule has 2 aliphatic heterocycles. The Bertz CT molecular complexity index is 718. The molecule has 2 aromatic rings. The Morgan fingerprint density at radius 2 is 2.17 bits per heavy atom. The number of rotatable bonds is 3. The molecule has 4 heterocycles. The molecule has 1 N–H and O–H groups in total. The van der Waals surface area contributed by atoms with E-state index in [2.05, 4.69) is 30.8 Å². The van der Waals surface area contributed by atoms with Gasteiger partial charge in [-0.2, -0.15) is 0 Å². The summed E-state index contributed by atoms with van der Waals surface area (Å²) < 4.78 is 2.07. The summed E-state index contributed by atoms with van der Waals surface area (Å²) in [5.74, 6) is 1.49. The topological polar surface area (TPSA) is 63.1 Å².